The van der Waals surface area contributed by atoms with Gasteiger partial charge in [-0.05, 0) is 38.2 Å². The van der Waals surface area contributed by atoms with Gasteiger partial charge in [-0.2, -0.15) is 0 Å². The van der Waals surface area contributed by atoms with Crippen molar-refractivity contribution < 1.29 is 30.0 Å². The summed E-state index contributed by atoms with van der Waals surface area (Å²) < 4.78 is 0. The quantitative estimate of drug-likeness (QED) is 0.246. The van der Waals surface area contributed by atoms with E-state index in [0.717, 1.165) is 24.8 Å². The Kier molecular flexibility index (Phi) is 11.0. The fourth-order valence-corrected chi connectivity index (χ4v) is 2.75. The summed E-state index contributed by atoms with van der Waals surface area (Å²) in [4.78, 5) is 21.4. The summed E-state index contributed by atoms with van der Waals surface area (Å²) in [6.07, 6.45) is 5.76. The Morgan fingerprint density at radius 2 is 1.62 bits per heavy atom. The minimum atomic E-state index is -1.18. The van der Waals surface area contributed by atoms with E-state index in [1.165, 1.54) is 6.08 Å². The molecule has 0 aromatic heterocycles. The van der Waals surface area contributed by atoms with Gasteiger partial charge in [0.15, 0.2) is 0 Å². The third kappa shape index (κ3) is 10.2. The van der Waals surface area contributed by atoms with Gasteiger partial charge in [-0.1, -0.05) is 37.8 Å². The van der Waals surface area contributed by atoms with Crippen LogP contribution < -0.4 is 0 Å². The molecule has 0 radical (unpaired) electrons. The first kappa shape index (κ1) is 22.3. The van der Waals surface area contributed by atoms with Crippen LogP contribution in [-0.4, -0.2) is 45.1 Å². The molecule has 0 saturated carbocycles. The first-order chi connectivity index (χ1) is 11.2. The summed E-state index contributed by atoms with van der Waals surface area (Å²) >= 11 is 0. The molecule has 4 N–H and O–H groups in total. The molecule has 0 aliphatic heterocycles. The Bertz CT molecular complexity index is 466. The normalized spacial score (nSPS) is 16.5. The maximum Gasteiger partial charge on any atom is 0.328 e. The number of aliphatic hydroxyl groups is 2. The van der Waals surface area contributed by atoms with Gasteiger partial charge in [0.2, 0.25) is 0 Å². The molecule has 24 heavy (non-hydrogen) atoms. The van der Waals surface area contributed by atoms with E-state index < -0.39 is 30.6 Å². The van der Waals surface area contributed by atoms with E-state index >= 15 is 0 Å². The number of rotatable bonds is 12. The van der Waals surface area contributed by atoms with E-state index in [0.29, 0.717) is 24.3 Å². The molecule has 0 rings (SSSR count). The lowest BCUT2D eigenvalue weighted by Crippen LogP contribution is -2.31. The second-order valence-electron chi connectivity index (χ2n) is 6.51. The summed E-state index contributed by atoms with van der Waals surface area (Å²) in [5.74, 6) is -2.82. The SMILES string of the molecule is CC(=C\C(=O)O)/C=C(\C)C[C@H](C)CCCC[C@H](O)[C@@H](CO)C(=O)O. The van der Waals surface area contributed by atoms with Gasteiger partial charge in [0.1, 0.15) is 5.92 Å². The third-order valence-corrected chi connectivity index (χ3v) is 3.92. The smallest absolute Gasteiger partial charge is 0.328 e. The minimum absolute atomic E-state index is 0.361. The highest BCUT2D eigenvalue weighted by atomic mass is 16.4. The van der Waals surface area contributed by atoms with Crippen molar-refractivity contribution in [1.29, 1.82) is 0 Å². The number of aliphatic hydroxyl groups excluding tert-OH is 2. The van der Waals surface area contributed by atoms with Gasteiger partial charge < -0.3 is 20.4 Å². The lowest BCUT2D eigenvalue weighted by Gasteiger charge is -2.17. The highest BCUT2D eigenvalue weighted by Gasteiger charge is 2.25. The summed E-state index contributed by atoms with van der Waals surface area (Å²) in [7, 11) is 0. The van der Waals surface area contributed by atoms with Crippen molar-refractivity contribution in [2.45, 2.75) is 59.0 Å². The van der Waals surface area contributed by atoms with Crippen molar-refractivity contribution in [1.82, 2.24) is 0 Å². The zero-order valence-electron chi connectivity index (χ0n) is 14.7. The predicted molar refractivity (Wildman–Crippen MR) is 91.6 cm³/mol. The molecule has 0 aliphatic carbocycles. The average molecular weight is 342 g/mol. The van der Waals surface area contributed by atoms with Crippen LogP contribution in [0.2, 0.25) is 0 Å². The molecule has 0 bridgehead atoms. The fraction of sp³-hybridized carbons (Fsp3) is 0.667. The minimum Gasteiger partial charge on any atom is -0.481 e. The number of hydrogen-bond donors (Lipinski definition) is 4. The van der Waals surface area contributed by atoms with Crippen LogP contribution in [0.5, 0.6) is 0 Å². The van der Waals surface area contributed by atoms with E-state index in [1.807, 2.05) is 13.0 Å². The molecule has 3 atom stereocenters. The van der Waals surface area contributed by atoms with Crippen molar-refractivity contribution in [3.05, 3.63) is 23.3 Å². The summed E-state index contributed by atoms with van der Waals surface area (Å²) in [5.41, 5.74) is 1.82. The zero-order chi connectivity index (χ0) is 18.7. The second kappa shape index (κ2) is 11.8. The first-order valence-electron chi connectivity index (χ1n) is 8.27. The van der Waals surface area contributed by atoms with E-state index in [1.54, 1.807) is 6.92 Å². The lowest BCUT2D eigenvalue weighted by atomic mass is 9.93. The molecule has 0 aromatic carbocycles. The summed E-state index contributed by atoms with van der Waals surface area (Å²) in [6, 6.07) is 0. The molecule has 0 spiro atoms. The first-order valence-corrected chi connectivity index (χ1v) is 8.27. The van der Waals surface area contributed by atoms with Crippen molar-refractivity contribution in [3.8, 4) is 0 Å². The highest BCUT2D eigenvalue weighted by molar-refractivity contribution is 5.81. The molecule has 138 valence electrons. The second-order valence-corrected chi connectivity index (χ2v) is 6.51. The van der Waals surface area contributed by atoms with Crippen molar-refractivity contribution in [2.75, 3.05) is 6.61 Å². The fourth-order valence-electron chi connectivity index (χ4n) is 2.75. The van der Waals surface area contributed by atoms with E-state index in [9.17, 15) is 14.7 Å². The molecular formula is C18H30O6. The van der Waals surface area contributed by atoms with Gasteiger partial charge in [0.05, 0.1) is 12.7 Å². The Labute approximate surface area is 143 Å². The molecule has 0 aromatic rings. The van der Waals surface area contributed by atoms with Crippen molar-refractivity contribution in [2.24, 2.45) is 11.8 Å². The zero-order valence-corrected chi connectivity index (χ0v) is 14.7. The maximum absolute atomic E-state index is 10.8. The number of hydrogen-bond acceptors (Lipinski definition) is 4. The molecular weight excluding hydrogens is 312 g/mol. The molecule has 6 nitrogen and oxygen atoms in total. The van der Waals surface area contributed by atoms with E-state index in [-0.39, 0.29) is 0 Å². The Balaban J connectivity index is 4.14. The van der Waals surface area contributed by atoms with E-state index in [4.69, 9.17) is 15.3 Å². The predicted octanol–water partition coefficient (Wildman–Crippen LogP) is 2.60. The number of unbranched alkanes of at least 4 members (excludes halogenated alkanes) is 1. The average Bonchev–Trinajstić information content (AvgIpc) is 2.42. The monoisotopic (exact) mass is 342 g/mol. The van der Waals surface area contributed by atoms with Crippen LogP contribution in [0, 0.1) is 11.8 Å². The van der Waals surface area contributed by atoms with Gasteiger partial charge in [0, 0.05) is 6.08 Å². The molecule has 0 aliphatic rings. The molecule has 6 heteroatoms. The van der Waals surface area contributed by atoms with Crippen LogP contribution in [0.4, 0.5) is 0 Å². The summed E-state index contributed by atoms with van der Waals surface area (Å²) in [6.45, 7) is 5.28. The standard InChI is InChI=1S/C18H30O6/c1-12(8-13(2)9-14(3)10-17(21)22)6-4-5-7-16(20)15(11-19)18(23)24/h9-10,12,15-16,19-20H,4-8,11H2,1-3H3,(H,21,22)(H,23,24)/b13-9+,14-10+/t12-,15-,16+/m1/s1. The van der Waals surface area contributed by atoms with Crippen LogP contribution in [0.25, 0.3) is 0 Å². The van der Waals surface area contributed by atoms with Crippen LogP contribution in [-0.2, 0) is 9.59 Å². The van der Waals surface area contributed by atoms with Gasteiger partial charge in [-0.25, -0.2) is 4.79 Å². The van der Waals surface area contributed by atoms with Crippen LogP contribution >= 0.6 is 0 Å². The van der Waals surface area contributed by atoms with Crippen LogP contribution in [0.3, 0.4) is 0 Å². The lowest BCUT2D eigenvalue weighted by molar-refractivity contribution is -0.147. The Morgan fingerprint density at radius 1 is 1.04 bits per heavy atom. The third-order valence-electron chi connectivity index (χ3n) is 3.92. The highest BCUT2D eigenvalue weighted by Crippen LogP contribution is 2.20. The molecule has 0 amide bonds. The maximum atomic E-state index is 10.8. The number of allylic oxidation sites excluding steroid dienone is 3. The van der Waals surface area contributed by atoms with Gasteiger partial charge in [-0.15, -0.1) is 0 Å². The molecule has 0 fully saturated rings. The van der Waals surface area contributed by atoms with Gasteiger partial charge >= 0.3 is 11.9 Å². The Hall–Kier alpha value is -1.66. The number of carbonyl (C=O) groups is 2. The summed E-state index contributed by atoms with van der Waals surface area (Å²) in [5, 5.41) is 36.2. The molecule has 0 unspecified atom stereocenters. The molecule has 0 saturated heterocycles. The largest absolute Gasteiger partial charge is 0.481 e. The van der Waals surface area contributed by atoms with E-state index in [2.05, 4.69) is 6.92 Å². The van der Waals surface area contributed by atoms with Gasteiger partial charge in [-0.3, -0.25) is 4.79 Å². The van der Waals surface area contributed by atoms with Crippen molar-refractivity contribution in [3.63, 3.8) is 0 Å². The molecule has 0 heterocycles. The van der Waals surface area contributed by atoms with Crippen LogP contribution in [0.1, 0.15) is 52.9 Å². The van der Waals surface area contributed by atoms with Gasteiger partial charge in [0.25, 0.3) is 0 Å². The number of aliphatic carboxylic acids is 2. The topological polar surface area (TPSA) is 115 Å². The number of carboxylic acids is 2. The number of carboxylic acid groups (broad SMARTS) is 2. The Morgan fingerprint density at radius 3 is 2.12 bits per heavy atom. The van der Waals surface area contributed by atoms with Crippen LogP contribution in [0.15, 0.2) is 23.3 Å². The van der Waals surface area contributed by atoms with Crippen molar-refractivity contribution >= 4 is 11.9 Å².